The van der Waals surface area contributed by atoms with Gasteiger partial charge in [0.25, 0.3) is 0 Å². The predicted molar refractivity (Wildman–Crippen MR) is 92.9 cm³/mol. The van der Waals surface area contributed by atoms with Crippen LogP contribution < -0.4 is 4.74 Å². The second-order valence-electron chi connectivity index (χ2n) is 6.06. The van der Waals surface area contributed by atoms with E-state index in [9.17, 15) is 14.4 Å². The molecular formula is C18H25N3O4. The number of amides is 3. The van der Waals surface area contributed by atoms with Crippen LogP contribution in [-0.4, -0.2) is 72.8 Å². The van der Waals surface area contributed by atoms with E-state index in [-0.39, 0.29) is 18.2 Å². The smallest absolute Gasteiger partial charge is 0.224 e. The molecule has 7 nitrogen and oxygen atoms in total. The highest BCUT2D eigenvalue weighted by atomic mass is 16.5. The highest BCUT2D eigenvalue weighted by Gasteiger charge is 2.21. The lowest BCUT2D eigenvalue weighted by atomic mass is 10.2. The average Bonchev–Trinajstić information content (AvgIpc) is 2.65. The number of piperazine rings is 1. The van der Waals surface area contributed by atoms with E-state index in [1.807, 2.05) is 24.3 Å². The fourth-order valence-electron chi connectivity index (χ4n) is 2.76. The molecule has 0 radical (unpaired) electrons. The van der Waals surface area contributed by atoms with Crippen LogP contribution in [0.2, 0.25) is 0 Å². The standard InChI is InChI=1S/C18H25N3O4/c1-15(23)21(13-16-3-5-17(25-2)6-4-16)8-7-18(24)20-11-9-19(14-22)10-12-20/h3-6,14H,7-13H2,1-2H3. The number of benzene rings is 1. The quantitative estimate of drug-likeness (QED) is 0.682. The molecule has 1 heterocycles. The zero-order valence-electron chi connectivity index (χ0n) is 14.8. The maximum atomic E-state index is 12.3. The number of carbonyl (C=O) groups is 3. The normalized spacial score (nSPS) is 14.2. The molecule has 1 aliphatic heterocycles. The van der Waals surface area contributed by atoms with Crippen LogP contribution in [0.4, 0.5) is 0 Å². The lowest BCUT2D eigenvalue weighted by Gasteiger charge is -2.33. The first kappa shape index (κ1) is 18.8. The van der Waals surface area contributed by atoms with Gasteiger partial charge in [0.15, 0.2) is 0 Å². The number of ether oxygens (including phenoxy) is 1. The van der Waals surface area contributed by atoms with E-state index >= 15 is 0 Å². The minimum absolute atomic E-state index is 0.0199. The Morgan fingerprint density at radius 2 is 1.80 bits per heavy atom. The molecule has 1 fully saturated rings. The van der Waals surface area contributed by atoms with Gasteiger partial charge in [-0.15, -0.1) is 0 Å². The molecule has 3 amide bonds. The highest BCUT2D eigenvalue weighted by Crippen LogP contribution is 2.13. The molecule has 1 aromatic rings. The molecule has 0 N–H and O–H groups in total. The molecule has 1 aromatic carbocycles. The molecule has 0 atom stereocenters. The summed E-state index contributed by atoms with van der Waals surface area (Å²) >= 11 is 0. The minimum Gasteiger partial charge on any atom is -0.497 e. The van der Waals surface area contributed by atoms with Crippen molar-refractivity contribution in [1.82, 2.24) is 14.7 Å². The Labute approximate surface area is 148 Å². The maximum absolute atomic E-state index is 12.3. The highest BCUT2D eigenvalue weighted by molar-refractivity contribution is 5.78. The third-order valence-corrected chi connectivity index (χ3v) is 4.39. The van der Waals surface area contributed by atoms with Gasteiger partial charge in [-0.3, -0.25) is 14.4 Å². The van der Waals surface area contributed by atoms with Gasteiger partial charge in [0, 0.05) is 52.6 Å². The number of nitrogens with zero attached hydrogens (tertiary/aromatic N) is 3. The van der Waals surface area contributed by atoms with E-state index in [0.717, 1.165) is 17.7 Å². The lowest BCUT2D eigenvalue weighted by molar-refractivity contribution is -0.136. The maximum Gasteiger partial charge on any atom is 0.224 e. The molecule has 0 saturated carbocycles. The minimum atomic E-state index is -0.0607. The van der Waals surface area contributed by atoms with Gasteiger partial charge in [-0.2, -0.15) is 0 Å². The Morgan fingerprint density at radius 1 is 1.16 bits per heavy atom. The molecule has 0 aromatic heterocycles. The van der Waals surface area contributed by atoms with Crippen LogP contribution in [0.3, 0.4) is 0 Å². The predicted octanol–water partition coefficient (Wildman–Crippen LogP) is 0.734. The first-order chi connectivity index (χ1) is 12.0. The van der Waals surface area contributed by atoms with Gasteiger partial charge in [0.2, 0.25) is 18.2 Å². The van der Waals surface area contributed by atoms with Crippen LogP contribution in [0.15, 0.2) is 24.3 Å². The van der Waals surface area contributed by atoms with E-state index in [4.69, 9.17) is 4.74 Å². The topological polar surface area (TPSA) is 70.2 Å². The summed E-state index contributed by atoms with van der Waals surface area (Å²) in [6, 6.07) is 7.53. The number of carbonyl (C=O) groups excluding carboxylic acids is 3. The lowest BCUT2D eigenvalue weighted by Crippen LogP contribution is -2.48. The zero-order valence-corrected chi connectivity index (χ0v) is 14.8. The zero-order chi connectivity index (χ0) is 18.2. The SMILES string of the molecule is COc1ccc(CN(CCC(=O)N2CCN(C=O)CC2)C(C)=O)cc1. The molecule has 1 saturated heterocycles. The number of hydrogen-bond acceptors (Lipinski definition) is 4. The molecule has 0 spiro atoms. The third kappa shape index (κ3) is 5.48. The fraction of sp³-hybridized carbons (Fsp3) is 0.500. The summed E-state index contributed by atoms with van der Waals surface area (Å²) in [5.41, 5.74) is 0.989. The Morgan fingerprint density at radius 3 is 2.32 bits per heavy atom. The summed E-state index contributed by atoms with van der Waals surface area (Å²) in [5.74, 6) is 0.726. The summed E-state index contributed by atoms with van der Waals surface area (Å²) in [7, 11) is 1.61. The van der Waals surface area contributed by atoms with Crippen LogP contribution in [-0.2, 0) is 20.9 Å². The summed E-state index contributed by atoms with van der Waals surface area (Å²) < 4.78 is 5.13. The van der Waals surface area contributed by atoms with Crippen molar-refractivity contribution in [2.45, 2.75) is 19.9 Å². The Balaban J connectivity index is 1.85. The molecule has 25 heavy (non-hydrogen) atoms. The van der Waals surface area contributed by atoms with Gasteiger partial charge in [0.05, 0.1) is 7.11 Å². The van der Waals surface area contributed by atoms with Crippen molar-refractivity contribution in [1.29, 1.82) is 0 Å². The number of methoxy groups -OCH3 is 1. The number of hydrogen-bond donors (Lipinski definition) is 0. The van der Waals surface area contributed by atoms with Crippen LogP contribution in [0.5, 0.6) is 5.75 Å². The van der Waals surface area contributed by atoms with E-state index in [2.05, 4.69) is 0 Å². The number of rotatable bonds is 7. The van der Waals surface area contributed by atoms with E-state index < -0.39 is 0 Å². The molecule has 0 bridgehead atoms. The van der Waals surface area contributed by atoms with Crippen molar-refractivity contribution in [2.75, 3.05) is 39.8 Å². The Hall–Kier alpha value is -2.57. The van der Waals surface area contributed by atoms with Gasteiger partial charge >= 0.3 is 0 Å². The van der Waals surface area contributed by atoms with Crippen LogP contribution in [0.1, 0.15) is 18.9 Å². The van der Waals surface area contributed by atoms with Crippen molar-refractivity contribution >= 4 is 18.2 Å². The van der Waals surface area contributed by atoms with Gasteiger partial charge in [-0.25, -0.2) is 0 Å². The van der Waals surface area contributed by atoms with E-state index in [1.165, 1.54) is 6.92 Å². The van der Waals surface area contributed by atoms with E-state index in [0.29, 0.717) is 39.3 Å². The Kier molecular flexibility index (Phi) is 6.80. The van der Waals surface area contributed by atoms with Crippen LogP contribution >= 0.6 is 0 Å². The molecule has 7 heteroatoms. The third-order valence-electron chi connectivity index (χ3n) is 4.39. The summed E-state index contributed by atoms with van der Waals surface area (Å²) in [6.45, 7) is 4.59. The second-order valence-corrected chi connectivity index (χ2v) is 6.06. The van der Waals surface area contributed by atoms with Crippen molar-refractivity contribution < 1.29 is 19.1 Å². The monoisotopic (exact) mass is 347 g/mol. The molecule has 0 unspecified atom stereocenters. The fourth-order valence-corrected chi connectivity index (χ4v) is 2.76. The van der Waals surface area contributed by atoms with Gasteiger partial charge < -0.3 is 19.4 Å². The summed E-state index contributed by atoms with van der Waals surface area (Å²) in [6.07, 6.45) is 1.10. The van der Waals surface area contributed by atoms with Gasteiger partial charge in [0.1, 0.15) is 5.75 Å². The van der Waals surface area contributed by atoms with Crippen molar-refractivity contribution in [3.05, 3.63) is 29.8 Å². The van der Waals surface area contributed by atoms with Gasteiger partial charge in [-0.1, -0.05) is 12.1 Å². The first-order valence-electron chi connectivity index (χ1n) is 8.39. The molecule has 0 aliphatic carbocycles. The van der Waals surface area contributed by atoms with Crippen LogP contribution in [0.25, 0.3) is 0 Å². The Bertz CT molecular complexity index is 595. The van der Waals surface area contributed by atoms with Crippen LogP contribution in [0, 0.1) is 0 Å². The molecule has 136 valence electrons. The average molecular weight is 347 g/mol. The van der Waals surface area contributed by atoms with Gasteiger partial charge in [-0.05, 0) is 17.7 Å². The first-order valence-corrected chi connectivity index (χ1v) is 8.39. The summed E-state index contributed by atoms with van der Waals surface area (Å²) in [4.78, 5) is 40.0. The summed E-state index contributed by atoms with van der Waals surface area (Å²) in [5, 5.41) is 0. The molecule has 2 rings (SSSR count). The second kappa shape index (κ2) is 9.05. The van der Waals surface area contributed by atoms with Crippen molar-refractivity contribution in [2.24, 2.45) is 0 Å². The molecular weight excluding hydrogens is 322 g/mol. The van der Waals surface area contributed by atoms with Crippen molar-refractivity contribution in [3.8, 4) is 5.75 Å². The largest absolute Gasteiger partial charge is 0.497 e. The van der Waals surface area contributed by atoms with Crippen molar-refractivity contribution in [3.63, 3.8) is 0 Å². The molecule has 1 aliphatic rings. The van der Waals surface area contributed by atoms with E-state index in [1.54, 1.807) is 21.8 Å².